The molecule has 0 unspecified atom stereocenters. The molecular formula is C9H12O2S. The summed E-state index contributed by atoms with van der Waals surface area (Å²) in [6.45, 7) is 2.01. The van der Waals surface area contributed by atoms with Crippen LogP contribution in [0.15, 0.2) is 22.8 Å². The van der Waals surface area contributed by atoms with Crippen molar-refractivity contribution < 1.29 is 9.21 Å². The third-order valence-corrected chi connectivity index (χ3v) is 2.36. The molecule has 12 heavy (non-hydrogen) atoms. The number of carbonyl (C=O) groups is 1. The minimum absolute atomic E-state index is 0.244. The topological polar surface area (TPSA) is 30.2 Å². The van der Waals surface area contributed by atoms with Crippen LogP contribution in [0.3, 0.4) is 0 Å². The van der Waals surface area contributed by atoms with Gasteiger partial charge in [0.25, 0.3) is 0 Å². The fourth-order valence-corrected chi connectivity index (χ4v) is 1.64. The highest BCUT2D eigenvalue weighted by Crippen LogP contribution is 2.15. The maximum atomic E-state index is 11.1. The van der Waals surface area contributed by atoms with Gasteiger partial charge in [0.15, 0.2) is 5.12 Å². The highest BCUT2D eigenvalue weighted by atomic mass is 32.2. The molecule has 0 saturated heterocycles. The lowest BCUT2D eigenvalue weighted by atomic mass is 10.4. The monoisotopic (exact) mass is 184 g/mol. The van der Waals surface area contributed by atoms with Gasteiger partial charge in [-0.15, -0.1) is 0 Å². The number of furan rings is 1. The van der Waals surface area contributed by atoms with Crippen LogP contribution in [0.25, 0.3) is 0 Å². The van der Waals surface area contributed by atoms with Gasteiger partial charge in [-0.05, 0) is 18.6 Å². The fourth-order valence-electron chi connectivity index (χ4n) is 0.823. The average Bonchev–Trinajstić information content (AvgIpc) is 2.53. The summed E-state index contributed by atoms with van der Waals surface area (Å²) in [5.41, 5.74) is 0. The van der Waals surface area contributed by atoms with Gasteiger partial charge in [0.1, 0.15) is 5.76 Å². The fraction of sp³-hybridized carbons (Fsp3) is 0.444. The molecule has 2 nitrogen and oxygen atoms in total. The van der Waals surface area contributed by atoms with Crippen LogP contribution in [-0.2, 0) is 10.5 Å². The van der Waals surface area contributed by atoms with Crippen molar-refractivity contribution in [2.75, 3.05) is 0 Å². The molecule has 0 radical (unpaired) electrons. The second kappa shape index (κ2) is 5.04. The number of thioether (sulfide) groups is 1. The van der Waals surface area contributed by atoms with Gasteiger partial charge in [0.2, 0.25) is 0 Å². The Morgan fingerprint density at radius 1 is 1.67 bits per heavy atom. The molecule has 0 amide bonds. The first kappa shape index (κ1) is 9.39. The van der Waals surface area contributed by atoms with E-state index in [-0.39, 0.29) is 5.12 Å². The lowest BCUT2D eigenvalue weighted by molar-refractivity contribution is -0.111. The predicted molar refractivity (Wildman–Crippen MR) is 49.9 cm³/mol. The van der Waals surface area contributed by atoms with Crippen LogP contribution in [0.4, 0.5) is 0 Å². The highest BCUT2D eigenvalue weighted by molar-refractivity contribution is 8.12. The predicted octanol–water partition coefficient (Wildman–Crippen LogP) is 2.84. The van der Waals surface area contributed by atoms with Crippen LogP contribution in [0, 0.1) is 0 Å². The quantitative estimate of drug-likeness (QED) is 0.720. The first-order valence-electron chi connectivity index (χ1n) is 4.01. The van der Waals surface area contributed by atoms with Crippen LogP contribution in [0.1, 0.15) is 25.5 Å². The number of rotatable bonds is 4. The molecule has 0 aliphatic rings. The van der Waals surface area contributed by atoms with E-state index in [1.54, 1.807) is 6.26 Å². The van der Waals surface area contributed by atoms with E-state index in [1.807, 2.05) is 19.1 Å². The van der Waals surface area contributed by atoms with Gasteiger partial charge in [-0.2, -0.15) is 0 Å². The molecule has 0 aliphatic heterocycles. The van der Waals surface area contributed by atoms with Crippen molar-refractivity contribution in [3.05, 3.63) is 24.2 Å². The van der Waals surface area contributed by atoms with E-state index >= 15 is 0 Å². The minimum atomic E-state index is 0.244. The maximum absolute atomic E-state index is 11.1. The zero-order chi connectivity index (χ0) is 8.81. The lowest BCUT2D eigenvalue weighted by Gasteiger charge is -1.95. The van der Waals surface area contributed by atoms with E-state index in [1.165, 1.54) is 11.8 Å². The van der Waals surface area contributed by atoms with Gasteiger partial charge in [-0.25, -0.2) is 0 Å². The van der Waals surface area contributed by atoms with E-state index in [4.69, 9.17) is 4.42 Å². The normalized spacial score (nSPS) is 10.1. The summed E-state index contributed by atoms with van der Waals surface area (Å²) in [6, 6.07) is 3.71. The molecule has 0 N–H and O–H groups in total. The van der Waals surface area contributed by atoms with Crippen LogP contribution in [0.2, 0.25) is 0 Å². The first-order valence-corrected chi connectivity index (χ1v) is 4.99. The van der Waals surface area contributed by atoms with Crippen molar-refractivity contribution in [3.63, 3.8) is 0 Å². The standard InChI is InChI=1S/C9H12O2S/c1-2-4-9(10)12-7-8-5-3-6-11-8/h3,5-6H,2,4,7H2,1H3. The Morgan fingerprint density at radius 3 is 3.08 bits per heavy atom. The Kier molecular flexibility index (Phi) is 3.94. The number of hydrogen-bond acceptors (Lipinski definition) is 3. The van der Waals surface area contributed by atoms with E-state index in [0.717, 1.165) is 12.2 Å². The van der Waals surface area contributed by atoms with Gasteiger partial charge in [0.05, 0.1) is 12.0 Å². The molecule has 1 rings (SSSR count). The van der Waals surface area contributed by atoms with E-state index in [9.17, 15) is 4.79 Å². The zero-order valence-corrected chi connectivity index (χ0v) is 7.89. The molecule has 0 aromatic carbocycles. The second-order valence-corrected chi connectivity index (χ2v) is 3.52. The van der Waals surface area contributed by atoms with E-state index < -0.39 is 0 Å². The molecule has 3 heteroatoms. The van der Waals surface area contributed by atoms with Crippen molar-refractivity contribution in [1.82, 2.24) is 0 Å². The molecule has 1 aromatic rings. The molecule has 0 atom stereocenters. The summed E-state index contributed by atoms with van der Waals surface area (Å²) < 4.78 is 5.09. The summed E-state index contributed by atoms with van der Waals surface area (Å²) in [6.07, 6.45) is 3.20. The van der Waals surface area contributed by atoms with Crippen LogP contribution in [-0.4, -0.2) is 5.12 Å². The van der Waals surface area contributed by atoms with Crippen molar-refractivity contribution >= 4 is 16.9 Å². The third kappa shape index (κ3) is 3.13. The molecule has 66 valence electrons. The van der Waals surface area contributed by atoms with E-state index in [0.29, 0.717) is 12.2 Å². The van der Waals surface area contributed by atoms with Crippen LogP contribution >= 0.6 is 11.8 Å². The van der Waals surface area contributed by atoms with Gasteiger partial charge < -0.3 is 4.42 Å². The molecule has 0 aliphatic carbocycles. The molecule has 0 spiro atoms. The van der Waals surface area contributed by atoms with Gasteiger partial charge in [-0.1, -0.05) is 18.7 Å². The second-order valence-electron chi connectivity index (χ2n) is 2.49. The summed E-state index contributed by atoms with van der Waals surface area (Å²) in [5, 5.41) is 0.244. The minimum Gasteiger partial charge on any atom is -0.468 e. The Morgan fingerprint density at radius 2 is 2.50 bits per heavy atom. The van der Waals surface area contributed by atoms with Crippen LogP contribution in [0.5, 0.6) is 0 Å². The molecule has 0 bridgehead atoms. The van der Waals surface area contributed by atoms with Gasteiger partial charge in [-0.3, -0.25) is 4.79 Å². The molecule has 0 saturated carbocycles. The van der Waals surface area contributed by atoms with Crippen LogP contribution < -0.4 is 0 Å². The SMILES string of the molecule is CCCC(=O)SCc1ccco1. The Balaban J connectivity index is 2.22. The molecule has 0 fully saturated rings. The number of carbonyl (C=O) groups excluding carboxylic acids is 1. The third-order valence-electron chi connectivity index (χ3n) is 1.41. The van der Waals surface area contributed by atoms with Crippen molar-refractivity contribution in [2.24, 2.45) is 0 Å². The molecular weight excluding hydrogens is 172 g/mol. The summed E-state index contributed by atoms with van der Waals surface area (Å²) >= 11 is 1.33. The lowest BCUT2D eigenvalue weighted by Crippen LogP contribution is -1.90. The van der Waals surface area contributed by atoms with Gasteiger partial charge >= 0.3 is 0 Å². The molecule has 1 aromatic heterocycles. The average molecular weight is 184 g/mol. The van der Waals surface area contributed by atoms with Crippen molar-refractivity contribution in [2.45, 2.75) is 25.5 Å². The summed E-state index contributed by atoms with van der Waals surface area (Å²) in [4.78, 5) is 11.1. The largest absolute Gasteiger partial charge is 0.468 e. The molecule has 1 heterocycles. The Labute approximate surface area is 76.3 Å². The van der Waals surface area contributed by atoms with Crippen molar-refractivity contribution in [1.29, 1.82) is 0 Å². The number of hydrogen-bond donors (Lipinski definition) is 0. The Hall–Kier alpha value is -0.700. The highest BCUT2D eigenvalue weighted by Gasteiger charge is 2.02. The van der Waals surface area contributed by atoms with E-state index in [2.05, 4.69) is 0 Å². The Bertz CT molecular complexity index is 229. The van der Waals surface area contributed by atoms with Gasteiger partial charge in [0, 0.05) is 6.42 Å². The summed E-state index contributed by atoms with van der Waals surface area (Å²) in [7, 11) is 0. The first-order chi connectivity index (χ1) is 5.83. The van der Waals surface area contributed by atoms with Crippen molar-refractivity contribution in [3.8, 4) is 0 Å². The summed E-state index contributed by atoms with van der Waals surface area (Å²) in [5.74, 6) is 1.52. The smallest absolute Gasteiger partial charge is 0.189 e. The maximum Gasteiger partial charge on any atom is 0.189 e. The zero-order valence-electron chi connectivity index (χ0n) is 7.08.